The number of carbonyl (C=O) groups excluding carboxylic acids is 1. The van der Waals surface area contributed by atoms with Crippen molar-refractivity contribution in [1.82, 2.24) is 29.1 Å². The summed E-state index contributed by atoms with van der Waals surface area (Å²) in [5.74, 6) is -0.248. The van der Waals surface area contributed by atoms with Crippen molar-refractivity contribution in [1.29, 1.82) is 0 Å². The molecule has 4 rings (SSSR count). The van der Waals surface area contributed by atoms with Crippen LogP contribution >= 0.6 is 0 Å². The second-order valence-corrected chi connectivity index (χ2v) is 8.83. The number of aliphatic hydroxyl groups is 1. The van der Waals surface area contributed by atoms with Gasteiger partial charge in [0.25, 0.3) is 5.56 Å². The van der Waals surface area contributed by atoms with Crippen LogP contribution in [-0.2, 0) is 25.7 Å². The van der Waals surface area contributed by atoms with Gasteiger partial charge in [0.15, 0.2) is 11.2 Å². The molecule has 3 aromatic heterocycles. The van der Waals surface area contributed by atoms with Gasteiger partial charge in [0.1, 0.15) is 31.4 Å². The highest BCUT2D eigenvalue weighted by atomic mass is 16.6. The molecule has 208 valence electrons. The molecule has 16 heteroatoms. The van der Waals surface area contributed by atoms with Gasteiger partial charge in [-0.2, -0.15) is 9.97 Å². The number of ether oxygens (including phenoxy) is 3. The summed E-state index contributed by atoms with van der Waals surface area (Å²) in [4.78, 5) is 48.5. The molecule has 0 spiro atoms. The zero-order chi connectivity index (χ0) is 27.8. The number of aromatic nitrogens is 6. The molecule has 1 fully saturated rings. The summed E-state index contributed by atoms with van der Waals surface area (Å²) in [6.07, 6.45) is 3.93. The number of nitrogens with two attached hydrogens (primary N) is 3. The maximum Gasteiger partial charge on any atom is 0.351 e. The van der Waals surface area contributed by atoms with Crippen molar-refractivity contribution >= 4 is 28.9 Å². The Kier molecular flexibility index (Phi) is 9.89. The first kappa shape index (κ1) is 28.7. The largest absolute Gasteiger partial charge is 0.462 e. The maximum atomic E-state index is 11.6. The normalized spacial score (nSPS) is 17.8. The third kappa shape index (κ3) is 7.34. The summed E-state index contributed by atoms with van der Waals surface area (Å²) in [6, 6.07) is 0.906. The van der Waals surface area contributed by atoms with Crippen molar-refractivity contribution in [3.8, 4) is 0 Å². The predicted octanol–water partition coefficient (Wildman–Crippen LogP) is -1.30. The number of aromatic amines is 1. The number of esters is 1. The molecular weight excluding hydrogens is 502 g/mol. The lowest BCUT2D eigenvalue weighted by molar-refractivity contribution is -0.148. The van der Waals surface area contributed by atoms with Crippen molar-refractivity contribution in [2.75, 3.05) is 31.3 Å². The quantitative estimate of drug-likeness (QED) is 0.158. The van der Waals surface area contributed by atoms with E-state index in [4.69, 9.17) is 36.5 Å². The summed E-state index contributed by atoms with van der Waals surface area (Å²) in [5.41, 5.74) is 16.2. The van der Waals surface area contributed by atoms with Crippen molar-refractivity contribution in [3.63, 3.8) is 0 Å². The molecule has 0 unspecified atom stereocenters. The Hall–Kier alpha value is -3.86. The molecule has 0 saturated carbocycles. The summed E-state index contributed by atoms with van der Waals surface area (Å²) >= 11 is 0. The Morgan fingerprint density at radius 3 is 2.68 bits per heavy atom. The van der Waals surface area contributed by atoms with Crippen LogP contribution in [-0.4, -0.2) is 72.1 Å². The number of nitrogen functional groups attached to an aromatic ring is 2. The zero-order valence-electron chi connectivity index (χ0n) is 21.1. The van der Waals surface area contributed by atoms with Crippen LogP contribution in [0.4, 0.5) is 11.8 Å². The minimum atomic E-state index is -0.647. The highest BCUT2D eigenvalue weighted by Gasteiger charge is 2.26. The van der Waals surface area contributed by atoms with Gasteiger partial charge in [-0.1, -0.05) is 13.8 Å². The SMILES string of the molecule is CC(C)[C@H](N)C(=O)OCCOCn1cnc2c(=O)[nH]c(N)nc21.Nc1ccn([C@H]2CC[C@@H](CO)O2)c(=O)n1. The van der Waals surface area contributed by atoms with Gasteiger partial charge in [0.2, 0.25) is 5.95 Å². The molecule has 4 heterocycles. The summed E-state index contributed by atoms with van der Waals surface area (Å²) in [7, 11) is 0. The smallest absolute Gasteiger partial charge is 0.351 e. The van der Waals surface area contributed by atoms with E-state index in [0.717, 1.165) is 6.42 Å². The number of nitrogens with zero attached hydrogens (tertiary/aromatic N) is 5. The number of anilines is 2. The van der Waals surface area contributed by atoms with E-state index in [2.05, 4.69) is 19.9 Å². The summed E-state index contributed by atoms with van der Waals surface area (Å²) < 4.78 is 18.7. The fourth-order valence-corrected chi connectivity index (χ4v) is 3.47. The average molecular weight is 536 g/mol. The standard InChI is InChI=1S/C13H20N6O4.C9H13N3O3/c1-7(2)8(14)12(21)23-4-3-22-6-19-5-16-9-10(19)17-13(15)18-11(9)20;10-7-3-4-12(9(14)11-7)8-2-1-6(5-13)15-8/h5,7-8H,3-4,6,14H2,1-2H3,(H3,15,17,18,20);3-4,6,8,13H,1-2,5H2,(H2,10,11,14)/t8-;6-,8+/m00/s1. The van der Waals surface area contributed by atoms with E-state index in [9.17, 15) is 14.4 Å². The first-order valence-corrected chi connectivity index (χ1v) is 11.9. The van der Waals surface area contributed by atoms with Crippen LogP contribution in [0, 0.1) is 5.92 Å². The Labute approximate surface area is 216 Å². The number of rotatable bonds is 9. The number of nitrogens with one attached hydrogen (secondary N) is 1. The minimum absolute atomic E-state index is 0.000790. The molecule has 1 aliphatic rings. The van der Waals surface area contributed by atoms with Crippen molar-refractivity contribution in [2.24, 2.45) is 11.7 Å². The molecule has 1 aliphatic heterocycles. The van der Waals surface area contributed by atoms with Crippen molar-refractivity contribution in [3.05, 3.63) is 39.4 Å². The molecule has 0 radical (unpaired) electrons. The monoisotopic (exact) mass is 535 g/mol. The van der Waals surface area contributed by atoms with Gasteiger partial charge in [0, 0.05) is 6.20 Å². The van der Waals surface area contributed by atoms with E-state index in [0.29, 0.717) is 12.1 Å². The molecule has 1 saturated heterocycles. The molecule has 0 amide bonds. The first-order valence-electron chi connectivity index (χ1n) is 11.9. The van der Waals surface area contributed by atoms with E-state index in [1.54, 1.807) is 12.3 Å². The third-order valence-electron chi connectivity index (χ3n) is 5.64. The van der Waals surface area contributed by atoms with Crippen LogP contribution in [0.15, 0.2) is 28.2 Å². The van der Waals surface area contributed by atoms with Gasteiger partial charge in [0.05, 0.1) is 25.6 Å². The first-order chi connectivity index (χ1) is 18.1. The van der Waals surface area contributed by atoms with E-state index < -0.39 is 23.3 Å². The van der Waals surface area contributed by atoms with Crippen LogP contribution in [0.2, 0.25) is 0 Å². The van der Waals surface area contributed by atoms with E-state index in [-0.39, 0.29) is 62.1 Å². The molecule has 38 heavy (non-hydrogen) atoms. The molecule has 0 aliphatic carbocycles. The minimum Gasteiger partial charge on any atom is -0.462 e. The Bertz CT molecular complexity index is 1340. The molecule has 16 nitrogen and oxygen atoms in total. The maximum absolute atomic E-state index is 11.6. The number of carbonyl (C=O) groups is 1. The van der Waals surface area contributed by atoms with Gasteiger partial charge in [-0.3, -0.25) is 23.7 Å². The number of fused-ring (bicyclic) bond motifs is 1. The second-order valence-electron chi connectivity index (χ2n) is 8.83. The number of aliphatic hydroxyl groups excluding tert-OH is 1. The molecular formula is C22H33N9O7. The van der Waals surface area contributed by atoms with Crippen LogP contribution in [0.3, 0.4) is 0 Å². The fourth-order valence-electron chi connectivity index (χ4n) is 3.47. The number of hydrogen-bond donors (Lipinski definition) is 5. The third-order valence-corrected chi connectivity index (χ3v) is 5.64. The molecule has 8 N–H and O–H groups in total. The van der Waals surface area contributed by atoms with E-state index in [1.807, 2.05) is 13.8 Å². The van der Waals surface area contributed by atoms with E-state index >= 15 is 0 Å². The van der Waals surface area contributed by atoms with Gasteiger partial charge in [-0.05, 0) is 24.8 Å². The van der Waals surface area contributed by atoms with Gasteiger partial charge in [-0.25, -0.2) is 9.78 Å². The lowest BCUT2D eigenvalue weighted by atomic mass is 10.1. The summed E-state index contributed by atoms with van der Waals surface area (Å²) in [6.45, 7) is 4.02. The number of H-pyrrole nitrogens is 1. The van der Waals surface area contributed by atoms with Crippen LogP contribution in [0.1, 0.15) is 32.9 Å². The van der Waals surface area contributed by atoms with Crippen molar-refractivity contribution in [2.45, 2.75) is 51.8 Å². The average Bonchev–Trinajstić information content (AvgIpc) is 3.51. The van der Waals surface area contributed by atoms with Gasteiger partial charge in [-0.15, -0.1) is 0 Å². The second kappa shape index (κ2) is 13.1. The Balaban J connectivity index is 0.000000230. The van der Waals surface area contributed by atoms with Crippen LogP contribution < -0.4 is 28.5 Å². The molecule has 3 atom stereocenters. The highest BCUT2D eigenvalue weighted by Crippen LogP contribution is 2.26. The van der Waals surface area contributed by atoms with Gasteiger partial charge >= 0.3 is 11.7 Å². The topological polar surface area (TPSA) is 242 Å². The Morgan fingerprint density at radius 2 is 2.03 bits per heavy atom. The lowest BCUT2D eigenvalue weighted by Crippen LogP contribution is -2.37. The number of hydrogen-bond acceptors (Lipinski definition) is 13. The number of imidazole rings is 1. The van der Waals surface area contributed by atoms with Crippen LogP contribution in [0.25, 0.3) is 11.2 Å². The predicted molar refractivity (Wildman–Crippen MR) is 135 cm³/mol. The van der Waals surface area contributed by atoms with Gasteiger partial charge < -0.3 is 36.5 Å². The molecule has 0 aromatic carbocycles. The highest BCUT2D eigenvalue weighted by molar-refractivity contribution is 5.75. The van der Waals surface area contributed by atoms with Crippen molar-refractivity contribution < 1.29 is 24.1 Å². The fraction of sp³-hybridized carbons (Fsp3) is 0.545. The zero-order valence-corrected chi connectivity index (χ0v) is 21.1. The van der Waals surface area contributed by atoms with Crippen LogP contribution in [0.5, 0.6) is 0 Å². The Morgan fingerprint density at radius 1 is 1.26 bits per heavy atom. The molecule has 0 bridgehead atoms. The lowest BCUT2D eigenvalue weighted by Gasteiger charge is -2.14. The van der Waals surface area contributed by atoms with E-state index in [1.165, 1.54) is 15.5 Å². The summed E-state index contributed by atoms with van der Waals surface area (Å²) in [5, 5.41) is 8.90. The molecule has 3 aromatic rings.